The summed E-state index contributed by atoms with van der Waals surface area (Å²) in [7, 11) is 0. The lowest BCUT2D eigenvalue weighted by Gasteiger charge is -2.25. The van der Waals surface area contributed by atoms with Crippen LogP contribution in [0, 0.1) is 5.92 Å². The van der Waals surface area contributed by atoms with Crippen molar-refractivity contribution in [1.82, 2.24) is 5.32 Å². The van der Waals surface area contributed by atoms with Crippen LogP contribution in [0.5, 0.6) is 0 Å². The van der Waals surface area contributed by atoms with Gasteiger partial charge in [0, 0.05) is 30.8 Å². The van der Waals surface area contributed by atoms with Crippen LogP contribution in [0.4, 0.5) is 5.69 Å². The molecule has 2 amide bonds. The first-order valence-corrected chi connectivity index (χ1v) is 9.16. The van der Waals surface area contributed by atoms with Gasteiger partial charge in [0.1, 0.15) is 6.10 Å². The van der Waals surface area contributed by atoms with Crippen LogP contribution in [0.1, 0.15) is 44.1 Å². The molecule has 4 N–H and O–H groups in total. The van der Waals surface area contributed by atoms with Crippen molar-refractivity contribution in [2.45, 2.75) is 57.2 Å². The molecule has 2 aliphatic rings. The Morgan fingerprint density at radius 1 is 1.16 bits per heavy atom. The van der Waals surface area contributed by atoms with E-state index in [-0.39, 0.29) is 29.9 Å². The Kier molecular flexibility index (Phi) is 6.04. The van der Waals surface area contributed by atoms with Gasteiger partial charge in [-0.1, -0.05) is 18.6 Å². The third-order valence-electron chi connectivity index (χ3n) is 4.97. The number of carbonyl (C=O) groups excluding carboxylic acids is 2. The largest absolute Gasteiger partial charge is 0.368 e. The average molecular weight is 345 g/mol. The second kappa shape index (κ2) is 8.45. The van der Waals surface area contributed by atoms with E-state index < -0.39 is 0 Å². The molecule has 0 radical (unpaired) electrons. The van der Waals surface area contributed by atoms with Crippen molar-refractivity contribution in [3.05, 3.63) is 29.8 Å². The van der Waals surface area contributed by atoms with Crippen molar-refractivity contribution in [2.75, 3.05) is 11.9 Å². The van der Waals surface area contributed by atoms with E-state index in [1.807, 2.05) is 24.3 Å². The molecule has 136 valence electrons. The summed E-state index contributed by atoms with van der Waals surface area (Å²) in [5.41, 5.74) is 7.64. The fourth-order valence-corrected chi connectivity index (χ4v) is 3.57. The van der Waals surface area contributed by atoms with Crippen LogP contribution in [0.2, 0.25) is 0 Å². The normalized spacial score (nSPS) is 26.2. The van der Waals surface area contributed by atoms with Crippen molar-refractivity contribution in [3.63, 3.8) is 0 Å². The first-order valence-electron chi connectivity index (χ1n) is 9.16. The average Bonchev–Trinajstić information content (AvgIpc) is 3.15. The highest BCUT2D eigenvalue weighted by Gasteiger charge is 2.25. The first-order chi connectivity index (χ1) is 12.1. The molecule has 2 fully saturated rings. The molecule has 6 heteroatoms. The molecule has 1 saturated carbocycles. The zero-order valence-electron chi connectivity index (χ0n) is 14.5. The third kappa shape index (κ3) is 5.03. The maximum absolute atomic E-state index is 12.3. The molecular formula is C19H27N3O3. The lowest BCUT2D eigenvalue weighted by molar-refractivity contribution is -0.126. The lowest BCUT2D eigenvalue weighted by atomic mass is 9.85. The van der Waals surface area contributed by atoms with Crippen molar-refractivity contribution >= 4 is 17.5 Å². The first kappa shape index (κ1) is 17.9. The summed E-state index contributed by atoms with van der Waals surface area (Å²) in [4.78, 5) is 24.4. The number of hydrogen-bond acceptors (Lipinski definition) is 4. The highest BCUT2D eigenvalue weighted by atomic mass is 16.5. The van der Waals surface area contributed by atoms with Gasteiger partial charge in [-0.3, -0.25) is 9.59 Å². The molecule has 1 aromatic carbocycles. The number of nitrogens with two attached hydrogens (primary N) is 1. The summed E-state index contributed by atoms with van der Waals surface area (Å²) in [6.45, 7) is 1.10. The monoisotopic (exact) mass is 345 g/mol. The van der Waals surface area contributed by atoms with E-state index in [1.165, 1.54) is 0 Å². The number of nitrogens with one attached hydrogen (secondary N) is 2. The second-order valence-corrected chi connectivity index (χ2v) is 7.03. The van der Waals surface area contributed by atoms with Gasteiger partial charge in [-0.25, -0.2) is 0 Å². The molecule has 1 aliphatic carbocycles. The number of benzene rings is 1. The van der Waals surface area contributed by atoms with Crippen LogP contribution in [-0.2, 0) is 20.9 Å². The Morgan fingerprint density at radius 3 is 2.80 bits per heavy atom. The summed E-state index contributed by atoms with van der Waals surface area (Å²) >= 11 is 0. The molecule has 25 heavy (non-hydrogen) atoms. The minimum Gasteiger partial charge on any atom is -0.368 e. The fourth-order valence-electron chi connectivity index (χ4n) is 3.57. The summed E-state index contributed by atoms with van der Waals surface area (Å²) in [6, 6.07) is 7.69. The molecule has 1 aromatic rings. The summed E-state index contributed by atoms with van der Waals surface area (Å²) in [5, 5.41) is 5.88. The molecule has 1 heterocycles. The number of anilines is 1. The van der Waals surface area contributed by atoms with Crippen LogP contribution >= 0.6 is 0 Å². The number of hydrogen-bond donors (Lipinski definition) is 3. The minimum absolute atomic E-state index is 0.0196. The van der Waals surface area contributed by atoms with Crippen molar-refractivity contribution in [2.24, 2.45) is 11.7 Å². The quantitative estimate of drug-likeness (QED) is 0.760. The van der Waals surface area contributed by atoms with E-state index in [9.17, 15) is 9.59 Å². The molecule has 0 spiro atoms. The molecule has 3 unspecified atom stereocenters. The maximum atomic E-state index is 12.3. The molecule has 0 aromatic heterocycles. The highest BCUT2D eigenvalue weighted by Crippen LogP contribution is 2.23. The maximum Gasteiger partial charge on any atom is 0.253 e. The molecule has 6 nitrogen and oxygen atoms in total. The summed E-state index contributed by atoms with van der Waals surface area (Å²) < 4.78 is 5.39. The van der Waals surface area contributed by atoms with Crippen molar-refractivity contribution < 1.29 is 14.3 Å². The van der Waals surface area contributed by atoms with Gasteiger partial charge >= 0.3 is 0 Å². The second-order valence-electron chi connectivity index (χ2n) is 7.03. The van der Waals surface area contributed by atoms with E-state index in [1.54, 1.807) is 0 Å². The SMILES string of the molecule is NC1CCCC(C(=O)NCc2cccc(NC(=O)C3CCCO3)c2)C1. The van der Waals surface area contributed by atoms with Gasteiger partial charge in [0.15, 0.2) is 0 Å². The van der Waals surface area contributed by atoms with Gasteiger partial charge in [0.05, 0.1) is 0 Å². The molecular weight excluding hydrogens is 318 g/mol. The Bertz CT molecular complexity index is 614. The third-order valence-corrected chi connectivity index (χ3v) is 4.97. The van der Waals surface area contributed by atoms with Crippen LogP contribution in [0.25, 0.3) is 0 Å². The number of rotatable bonds is 5. The predicted molar refractivity (Wildman–Crippen MR) is 95.8 cm³/mol. The fraction of sp³-hybridized carbons (Fsp3) is 0.579. The Morgan fingerprint density at radius 2 is 2.04 bits per heavy atom. The Hall–Kier alpha value is -1.92. The predicted octanol–water partition coefficient (Wildman–Crippen LogP) is 1.94. The van der Waals surface area contributed by atoms with Crippen LogP contribution in [0.15, 0.2) is 24.3 Å². The molecule has 3 atom stereocenters. The van der Waals surface area contributed by atoms with Gasteiger partial charge in [0.25, 0.3) is 5.91 Å². The number of carbonyl (C=O) groups is 2. The van der Waals surface area contributed by atoms with Crippen LogP contribution in [-0.4, -0.2) is 30.6 Å². The van der Waals surface area contributed by atoms with Gasteiger partial charge in [-0.05, 0) is 49.8 Å². The van der Waals surface area contributed by atoms with E-state index in [0.29, 0.717) is 13.2 Å². The van der Waals surface area contributed by atoms with E-state index in [0.717, 1.165) is 49.8 Å². The van der Waals surface area contributed by atoms with Gasteiger partial charge in [-0.15, -0.1) is 0 Å². The standard InChI is InChI=1S/C19H27N3O3/c20-15-6-2-5-14(11-15)18(23)21-12-13-4-1-7-16(10-13)22-19(24)17-8-3-9-25-17/h1,4,7,10,14-15,17H,2-3,5-6,8-9,11-12,20H2,(H,21,23)(H,22,24). The Labute approximate surface area is 148 Å². The summed E-state index contributed by atoms with van der Waals surface area (Å²) in [6.07, 6.45) is 5.06. The molecule has 0 bridgehead atoms. The minimum atomic E-state index is -0.348. The topological polar surface area (TPSA) is 93.5 Å². The van der Waals surface area contributed by atoms with E-state index in [4.69, 9.17) is 10.5 Å². The van der Waals surface area contributed by atoms with E-state index >= 15 is 0 Å². The highest BCUT2D eigenvalue weighted by molar-refractivity contribution is 5.94. The zero-order chi connectivity index (χ0) is 17.6. The van der Waals surface area contributed by atoms with Gasteiger partial charge in [0.2, 0.25) is 5.91 Å². The van der Waals surface area contributed by atoms with Gasteiger partial charge in [-0.2, -0.15) is 0 Å². The molecule has 3 rings (SSSR count). The number of amides is 2. The Balaban J connectivity index is 1.51. The number of ether oxygens (including phenoxy) is 1. The van der Waals surface area contributed by atoms with Gasteiger partial charge < -0.3 is 21.1 Å². The smallest absolute Gasteiger partial charge is 0.253 e. The summed E-state index contributed by atoms with van der Waals surface area (Å²) in [5.74, 6) is -0.00928. The molecule has 1 saturated heterocycles. The zero-order valence-corrected chi connectivity index (χ0v) is 14.5. The van der Waals surface area contributed by atoms with Crippen molar-refractivity contribution in [1.29, 1.82) is 0 Å². The van der Waals surface area contributed by atoms with Crippen molar-refractivity contribution in [3.8, 4) is 0 Å². The van der Waals surface area contributed by atoms with Crippen LogP contribution in [0.3, 0.4) is 0 Å². The van der Waals surface area contributed by atoms with E-state index in [2.05, 4.69) is 10.6 Å². The lowest BCUT2D eigenvalue weighted by Crippen LogP contribution is -2.37. The molecule has 1 aliphatic heterocycles. The van der Waals surface area contributed by atoms with Crippen LogP contribution < -0.4 is 16.4 Å².